The zero-order chi connectivity index (χ0) is 30.8. The van der Waals surface area contributed by atoms with E-state index in [-0.39, 0.29) is 49.6 Å². The lowest BCUT2D eigenvalue weighted by Gasteiger charge is -2.34. The van der Waals surface area contributed by atoms with Gasteiger partial charge in [0, 0.05) is 14.2 Å². The molecule has 41 heavy (non-hydrogen) atoms. The van der Waals surface area contributed by atoms with Gasteiger partial charge in [0.05, 0.1) is 49.5 Å². The molecule has 0 amide bonds. The minimum atomic E-state index is -0.500. The Kier molecular flexibility index (Phi) is 19.8. The van der Waals surface area contributed by atoms with Crippen LogP contribution >= 0.6 is 0 Å². The molecule has 8 heteroatoms. The molecule has 0 heterocycles. The van der Waals surface area contributed by atoms with E-state index < -0.39 is 11.8 Å². The predicted molar refractivity (Wildman–Crippen MR) is 162 cm³/mol. The van der Waals surface area contributed by atoms with Gasteiger partial charge in [-0.25, -0.2) is 0 Å². The van der Waals surface area contributed by atoms with Crippen LogP contribution in [0.15, 0.2) is 0 Å². The van der Waals surface area contributed by atoms with Crippen LogP contribution < -0.4 is 0 Å². The van der Waals surface area contributed by atoms with Gasteiger partial charge in [-0.3, -0.25) is 9.59 Å². The van der Waals surface area contributed by atoms with Crippen molar-refractivity contribution < 1.29 is 38.0 Å². The van der Waals surface area contributed by atoms with E-state index in [2.05, 4.69) is 20.8 Å². The standard InChI is InChI=1S/C33H62O8/c1-23(2)12-10-13-24(3)14-11-15-29-16-17-30(32(34)40-21-27(6)38-19-25(4)36-8)31(18-29)33(35)41-22-28(7)39-20-26(5)37-9/h23-31H,10-22H2,1-9H3. The van der Waals surface area contributed by atoms with E-state index >= 15 is 0 Å². The number of esters is 2. The fourth-order valence-corrected chi connectivity index (χ4v) is 5.28. The molecule has 1 fully saturated rings. The van der Waals surface area contributed by atoms with Gasteiger partial charge in [-0.15, -0.1) is 0 Å². The van der Waals surface area contributed by atoms with Crippen molar-refractivity contribution in [2.75, 3.05) is 40.6 Å². The minimum Gasteiger partial charge on any atom is -0.463 e. The van der Waals surface area contributed by atoms with E-state index in [4.69, 9.17) is 28.4 Å². The Morgan fingerprint density at radius 1 is 0.634 bits per heavy atom. The molecule has 0 saturated heterocycles. The molecule has 8 atom stereocenters. The third kappa shape index (κ3) is 16.9. The molecule has 8 nitrogen and oxygen atoms in total. The number of ether oxygens (including phenoxy) is 6. The van der Waals surface area contributed by atoms with Crippen LogP contribution in [0.25, 0.3) is 0 Å². The van der Waals surface area contributed by atoms with Crippen molar-refractivity contribution in [3.63, 3.8) is 0 Å². The second-order valence-electron chi connectivity index (χ2n) is 12.9. The molecule has 0 aromatic rings. The fourth-order valence-electron chi connectivity index (χ4n) is 5.28. The Balaban J connectivity index is 2.69. The summed E-state index contributed by atoms with van der Waals surface area (Å²) >= 11 is 0. The summed E-state index contributed by atoms with van der Waals surface area (Å²) < 4.78 is 33.2. The highest BCUT2D eigenvalue weighted by Crippen LogP contribution is 2.38. The molecule has 0 aromatic carbocycles. The molecule has 242 valence electrons. The predicted octanol–water partition coefficient (Wildman–Crippen LogP) is 6.62. The minimum absolute atomic E-state index is 0.0327. The average molecular weight is 587 g/mol. The molecule has 0 radical (unpaired) electrons. The van der Waals surface area contributed by atoms with Crippen LogP contribution in [0.2, 0.25) is 0 Å². The summed E-state index contributed by atoms with van der Waals surface area (Å²) in [6.45, 7) is 15.7. The number of hydrogen-bond donors (Lipinski definition) is 0. The Morgan fingerprint density at radius 3 is 1.66 bits per heavy atom. The summed E-state index contributed by atoms with van der Waals surface area (Å²) in [6, 6.07) is 0. The Bertz CT molecular complexity index is 699. The van der Waals surface area contributed by atoms with Gasteiger partial charge >= 0.3 is 11.9 Å². The summed E-state index contributed by atoms with van der Waals surface area (Å²) in [5.41, 5.74) is 0. The summed E-state index contributed by atoms with van der Waals surface area (Å²) in [5, 5.41) is 0. The quantitative estimate of drug-likeness (QED) is 0.131. The number of carbonyl (C=O) groups excluding carboxylic acids is 2. The molecule has 1 aliphatic rings. The van der Waals surface area contributed by atoms with Crippen LogP contribution in [0.1, 0.15) is 106 Å². The zero-order valence-electron chi connectivity index (χ0n) is 27.7. The lowest BCUT2D eigenvalue weighted by Crippen LogP contribution is -2.39. The largest absolute Gasteiger partial charge is 0.463 e. The molecule has 8 unspecified atom stereocenters. The van der Waals surface area contributed by atoms with Gasteiger partial charge in [-0.2, -0.15) is 0 Å². The van der Waals surface area contributed by atoms with Crippen LogP contribution in [0, 0.1) is 29.6 Å². The lowest BCUT2D eigenvalue weighted by atomic mass is 9.72. The molecule has 1 saturated carbocycles. The Hall–Kier alpha value is -1.22. The SMILES string of the molecule is COC(C)COC(C)COC(=O)C1CCC(CCCC(C)CCCC(C)C)CC1C(=O)OCC(C)OCC(C)OC. The van der Waals surface area contributed by atoms with Gasteiger partial charge in [0.15, 0.2) is 0 Å². The van der Waals surface area contributed by atoms with Crippen LogP contribution in [0.4, 0.5) is 0 Å². The topological polar surface area (TPSA) is 89.5 Å². The summed E-state index contributed by atoms with van der Waals surface area (Å²) in [6.07, 6.45) is 8.96. The Labute approximate surface area is 250 Å². The number of rotatable bonds is 22. The third-order valence-electron chi connectivity index (χ3n) is 8.31. The molecule has 0 N–H and O–H groups in total. The maximum Gasteiger partial charge on any atom is 0.309 e. The van der Waals surface area contributed by atoms with Crippen molar-refractivity contribution in [1.29, 1.82) is 0 Å². The van der Waals surface area contributed by atoms with Crippen molar-refractivity contribution in [2.24, 2.45) is 29.6 Å². The second-order valence-corrected chi connectivity index (χ2v) is 12.9. The first kappa shape index (κ1) is 37.8. The highest BCUT2D eigenvalue weighted by Gasteiger charge is 2.41. The summed E-state index contributed by atoms with van der Waals surface area (Å²) in [4.78, 5) is 26.5. The lowest BCUT2D eigenvalue weighted by molar-refractivity contribution is -0.168. The Morgan fingerprint density at radius 2 is 1.15 bits per heavy atom. The molecule has 1 aliphatic carbocycles. The smallest absolute Gasteiger partial charge is 0.309 e. The van der Waals surface area contributed by atoms with E-state index in [1.54, 1.807) is 14.2 Å². The first-order chi connectivity index (χ1) is 19.5. The van der Waals surface area contributed by atoms with Crippen LogP contribution in [-0.4, -0.2) is 77.0 Å². The number of hydrogen-bond acceptors (Lipinski definition) is 8. The molecule has 0 bridgehead atoms. The van der Waals surface area contributed by atoms with Crippen molar-refractivity contribution >= 4 is 11.9 Å². The maximum atomic E-state index is 13.3. The van der Waals surface area contributed by atoms with E-state index in [9.17, 15) is 9.59 Å². The van der Waals surface area contributed by atoms with Gasteiger partial charge in [-0.1, -0.05) is 59.3 Å². The van der Waals surface area contributed by atoms with Gasteiger partial charge < -0.3 is 28.4 Å². The normalized spacial score (nSPS) is 23.0. The summed E-state index contributed by atoms with van der Waals surface area (Å²) in [5.74, 6) is 0.236. The van der Waals surface area contributed by atoms with Crippen LogP contribution in [0.5, 0.6) is 0 Å². The second kappa shape index (κ2) is 21.5. The average Bonchev–Trinajstić information content (AvgIpc) is 2.95. The third-order valence-corrected chi connectivity index (χ3v) is 8.31. The molecule has 0 spiro atoms. The van der Waals surface area contributed by atoms with E-state index in [1.165, 1.54) is 25.7 Å². The molecule has 0 aliphatic heterocycles. The molecular formula is C33H62O8. The van der Waals surface area contributed by atoms with Gasteiger partial charge in [0.25, 0.3) is 0 Å². The van der Waals surface area contributed by atoms with E-state index in [0.717, 1.165) is 31.1 Å². The molecule has 0 aromatic heterocycles. The molecule has 1 rings (SSSR count). The van der Waals surface area contributed by atoms with Crippen molar-refractivity contribution in [1.82, 2.24) is 0 Å². The highest BCUT2D eigenvalue weighted by atomic mass is 16.6. The van der Waals surface area contributed by atoms with E-state index in [1.807, 2.05) is 27.7 Å². The van der Waals surface area contributed by atoms with Crippen molar-refractivity contribution in [3.05, 3.63) is 0 Å². The van der Waals surface area contributed by atoms with Gasteiger partial charge in [0.2, 0.25) is 0 Å². The van der Waals surface area contributed by atoms with Crippen molar-refractivity contribution in [3.8, 4) is 0 Å². The zero-order valence-corrected chi connectivity index (χ0v) is 27.7. The number of carbonyl (C=O) groups is 2. The highest BCUT2D eigenvalue weighted by molar-refractivity contribution is 5.82. The molecular weight excluding hydrogens is 524 g/mol. The fraction of sp³-hybridized carbons (Fsp3) is 0.939. The van der Waals surface area contributed by atoms with Crippen LogP contribution in [0.3, 0.4) is 0 Å². The first-order valence-corrected chi connectivity index (χ1v) is 16.1. The van der Waals surface area contributed by atoms with E-state index in [0.29, 0.717) is 32.0 Å². The maximum absolute atomic E-state index is 13.3. The van der Waals surface area contributed by atoms with Gasteiger partial charge in [0.1, 0.15) is 13.2 Å². The van der Waals surface area contributed by atoms with Crippen molar-refractivity contribution in [2.45, 2.75) is 131 Å². The monoisotopic (exact) mass is 586 g/mol. The number of methoxy groups -OCH3 is 2. The first-order valence-electron chi connectivity index (χ1n) is 16.1. The van der Waals surface area contributed by atoms with Crippen LogP contribution in [-0.2, 0) is 38.0 Å². The van der Waals surface area contributed by atoms with Gasteiger partial charge in [-0.05, 0) is 64.7 Å². The summed E-state index contributed by atoms with van der Waals surface area (Å²) in [7, 11) is 3.27.